The molecule has 0 saturated carbocycles. The molecule has 6 heteroatoms. The van der Waals surface area contributed by atoms with E-state index in [-0.39, 0.29) is 0 Å². The molecule has 2 rings (SSSR count). The first-order chi connectivity index (χ1) is 13.0. The first-order valence-electron chi connectivity index (χ1n) is 9.18. The molecule has 0 fully saturated rings. The molecule has 0 saturated heterocycles. The molecule has 0 radical (unpaired) electrons. The quantitative estimate of drug-likeness (QED) is 0.589. The van der Waals surface area contributed by atoms with E-state index in [0.717, 1.165) is 11.1 Å². The van der Waals surface area contributed by atoms with Crippen LogP contribution in [0.2, 0.25) is 0 Å². The summed E-state index contributed by atoms with van der Waals surface area (Å²) >= 11 is 0. The molecule has 3 N–H and O–H groups in total. The number of anilines is 1. The molecule has 2 aromatic rings. The molecule has 28 heavy (non-hydrogen) atoms. The van der Waals surface area contributed by atoms with E-state index in [1.54, 1.807) is 52.0 Å². The smallest absolute Gasteiger partial charge is 0.408 e. The Bertz CT molecular complexity index is 808. The number of alkyl carbamates (subject to hydrolysis) is 1. The lowest BCUT2D eigenvalue weighted by Crippen LogP contribution is -2.41. The fraction of sp³-hybridized carbons (Fsp3) is 0.364. The van der Waals surface area contributed by atoms with Crippen molar-refractivity contribution in [2.75, 3.05) is 5.73 Å². The van der Waals surface area contributed by atoms with Gasteiger partial charge in [0.15, 0.2) is 0 Å². The number of benzene rings is 2. The highest BCUT2D eigenvalue weighted by molar-refractivity contribution is 5.90. The van der Waals surface area contributed by atoms with Crippen LogP contribution in [-0.2, 0) is 9.47 Å². The van der Waals surface area contributed by atoms with Crippen LogP contribution in [0.4, 0.5) is 10.5 Å². The van der Waals surface area contributed by atoms with Gasteiger partial charge in [0.25, 0.3) is 0 Å². The van der Waals surface area contributed by atoms with Crippen molar-refractivity contribution in [3.63, 3.8) is 0 Å². The molecule has 2 unspecified atom stereocenters. The van der Waals surface area contributed by atoms with Crippen molar-refractivity contribution in [1.29, 1.82) is 0 Å². The molecule has 6 nitrogen and oxygen atoms in total. The van der Waals surface area contributed by atoms with E-state index in [0.29, 0.717) is 11.3 Å². The molecular formula is C22H28N2O4. The highest BCUT2D eigenvalue weighted by Gasteiger charge is 2.27. The number of hydrogen-bond acceptors (Lipinski definition) is 5. The maximum absolute atomic E-state index is 12.6. The van der Waals surface area contributed by atoms with Gasteiger partial charge in [0, 0.05) is 5.69 Å². The molecule has 0 aliphatic carbocycles. The molecule has 0 bridgehead atoms. The van der Waals surface area contributed by atoms with E-state index in [4.69, 9.17) is 15.2 Å². The molecule has 150 valence electrons. The Balaban J connectivity index is 2.21. The summed E-state index contributed by atoms with van der Waals surface area (Å²) < 4.78 is 11.1. The second-order valence-corrected chi connectivity index (χ2v) is 7.79. The highest BCUT2D eigenvalue weighted by Crippen LogP contribution is 2.24. The zero-order valence-electron chi connectivity index (χ0n) is 17.0. The van der Waals surface area contributed by atoms with E-state index in [1.807, 2.05) is 31.2 Å². The summed E-state index contributed by atoms with van der Waals surface area (Å²) in [6.45, 7) is 9.10. The number of rotatable bonds is 5. The topological polar surface area (TPSA) is 90.6 Å². The summed E-state index contributed by atoms with van der Waals surface area (Å²) in [7, 11) is 0. The van der Waals surface area contributed by atoms with Crippen LogP contribution in [0.15, 0.2) is 48.5 Å². The van der Waals surface area contributed by atoms with Gasteiger partial charge in [-0.25, -0.2) is 9.59 Å². The first-order valence-corrected chi connectivity index (χ1v) is 9.18. The van der Waals surface area contributed by atoms with Gasteiger partial charge in [0.2, 0.25) is 0 Å². The number of nitrogens with two attached hydrogens (primary N) is 1. The number of amides is 1. The molecule has 0 aromatic heterocycles. The van der Waals surface area contributed by atoms with E-state index in [2.05, 4.69) is 5.32 Å². The minimum Gasteiger partial charge on any atom is -0.452 e. The molecular weight excluding hydrogens is 356 g/mol. The molecule has 0 aliphatic heterocycles. The molecule has 0 heterocycles. The van der Waals surface area contributed by atoms with E-state index in [9.17, 15) is 9.59 Å². The van der Waals surface area contributed by atoms with Crippen molar-refractivity contribution < 1.29 is 19.1 Å². The van der Waals surface area contributed by atoms with Crippen LogP contribution < -0.4 is 11.1 Å². The Hall–Kier alpha value is -3.02. The lowest BCUT2D eigenvalue weighted by atomic mass is 10.0. The zero-order chi connectivity index (χ0) is 20.9. The van der Waals surface area contributed by atoms with Crippen LogP contribution >= 0.6 is 0 Å². The Morgan fingerprint density at radius 3 is 2.11 bits per heavy atom. The Labute approximate surface area is 166 Å². The zero-order valence-corrected chi connectivity index (χ0v) is 17.0. The monoisotopic (exact) mass is 384 g/mol. The van der Waals surface area contributed by atoms with Crippen LogP contribution in [0.1, 0.15) is 55.3 Å². The number of nitrogen functional groups attached to an aromatic ring is 1. The number of carbonyl (C=O) groups excluding carboxylic acids is 2. The van der Waals surface area contributed by atoms with Crippen LogP contribution in [0.3, 0.4) is 0 Å². The van der Waals surface area contributed by atoms with Crippen molar-refractivity contribution in [1.82, 2.24) is 5.32 Å². The third kappa shape index (κ3) is 6.30. The number of ether oxygens (including phenoxy) is 2. The maximum atomic E-state index is 12.6. The lowest BCUT2D eigenvalue weighted by Gasteiger charge is -2.27. The van der Waals surface area contributed by atoms with Gasteiger partial charge in [-0.05, 0) is 64.4 Å². The fourth-order valence-electron chi connectivity index (χ4n) is 2.59. The molecule has 2 atom stereocenters. The van der Waals surface area contributed by atoms with Crippen molar-refractivity contribution >= 4 is 17.7 Å². The standard InChI is InChI=1S/C22H28N2O4/c1-14-6-8-16(9-7-14)19(15(2)24-21(26)28-22(3,4)5)27-20(25)17-10-12-18(23)13-11-17/h6-13,15,19H,23H2,1-5H3,(H,24,26). The average molecular weight is 384 g/mol. The van der Waals surface area contributed by atoms with Crippen LogP contribution in [-0.4, -0.2) is 23.7 Å². The predicted octanol–water partition coefficient (Wildman–Crippen LogP) is 4.39. The Kier molecular flexibility index (Phi) is 6.67. The summed E-state index contributed by atoms with van der Waals surface area (Å²) in [5.74, 6) is -0.497. The molecule has 0 spiro atoms. The third-order valence-corrected chi connectivity index (χ3v) is 3.98. The van der Waals surface area contributed by atoms with Gasteiger partial charge in [-0.15, -0.1) is 0 Å². The summed E-state index contributed by atoms with van der Waals surface area (Å²) in [5.41, 5.74) is 7.86. The predicted molar refractivity (Wildman–Crippen MR) is 109 cm³/mol. The van der Waals surface area contributed by atoms with Crippen molar-refractivity contribution in [3.05, 3.63) is 65.2 Å². The second-order valence-electron chi connectivity index (χ2n) is 7.79. The van der Waals surface area contributed by atoms with Gasteiger partial charge in [0.05, 0.1) is 11.6 Å². The molecule has 0 aliphatic rings. The summed E-state index contributed by atoms with van der Waals surface area (Å²) in [5, 5.41) is 2.76. The number of aryl methyl sites for hydroxylation is 1. The molecule has 1 amide bonds. The minimum atomic E-state index is -0.682. The largest absolute Gasteiger partial charge is 0.452 e. The van der Waals surface area contributed by atoms with Gasteiger partial charge >= 0.3 is 12.1 Å². The number of carbonyl (C=O) groups is 2. The molecule has 2 aromatic carbocycles. The Morgan fingerprint density at radius 2 is 1.57 bits per heavy atom. The number of esters is 1. The van der Waals surface area contributed by atoms with E-state index >= 15 is 0 Å². The summed E-state index contributed by atoms with van der Waals surface area (Å²) in [6.07, 6.45) is -1.25. The van der Waals surface area contributed by atoms with Gasteiger partial charge in [0.1, 0.15) is 11.7 Å². The van der Waals surface area contributed by atoms with Gasteiger partial charge in [-0.3, -0.25) is 0 Å². The number of hydrogen-bond donors (Lipinski definition) is 2. The van der Waals surface area contributed by atoms with Crippen LogP contribution in [0.5, 0.6) is 0 Å². The average Bonchev–Trinajstić information content (AvgIpc) is 2.59. The normalized spacial score (nSPS) is 13.3. The van der Waals surface area contributed by atoms with E-state index < -0.39 is 29.8 Å². The van der Waals surface area contributed by atoms with Crippen LogP contribution in [0, 0.1) is 6.92 Å². The third-order valence-electron chi connectivity index (χ3n) is 3.98. The van der Waals surface area contributed by atoms with Crippen molar-refractivity contribution in [3.8, 4) is 0 Å². The maximum Gasteiger partial charge on any atom is 0.408 e. The minimum absolute atomic E-state index is 0.385. The van der Waals surface area contributed by atoms with Gasteiger partial charge in [-0.2, -0.15) is 0 Å². The van der Waals surface area contributed by atoms with Crippen LogP contribution in [0.25, 0.3) is 0 Å². The summed E-state index contributed by atoms with van der Waals surface area (Å²) in [4.78, 5) is 24.8. The summed E-state index contributed by atoms with van der Waals surface area (Å²) in [6, 6.07) is 13.6. The lowest BCUT2D eigenvalue weighted by molar-refractivity contribution is 0.0152. The van der Waals surface area contributed by atoms with Crippen molar-refractivity contribution in [2.24, 2.45) is 0 Å². The highest BCUT2D eigenvalue weighted by atomic mass is 16.6. The first kappa shape index (κ1) is 21.3. The van der Waals surface area contributed by atoms with E-state index in [1.165, 1.54) is 0 Å². The SMILES string of the molecule is Cc1ccc(C(OC(=O)c2ccc(N)cc2)C(C)NC(=O)OC(C)(C)C)cc1. The fourth-order valence-corrected chi connectivity index (χ4v) is 2.59. The number of nitrogens with one attached hydrogen (secondary N) is 1. The van der Waals surface area contributed by atoms with Gasteiger partial charge in [-0.1, -0.05) is 29.8 Å². The Morgan fingerprint density at radius 1 is 1.00 bits per heavy atom. The van der Waals surface area contributed by atoms with Gasteiger partial charge < -0.3 is 20.5 Å². The van der Waals surface area contributed by atoms with Crippen molar-refractivity contribution in [2.45, 2.75) is 52.4 Å². The second kappa shape index (κ2) is 8.78.